The molecule has 0 radical (unpaired) electrons. The first-order valence-corrected chi connectivity index (χ1v) is 2.32. The van der Waals surface area contributed by atoms with E-state index in [2.05, 4.69) is 10.2 Å². The lowest BCUT2D eigenvalue weighted by molar-refractivity contribution is 0.613. The zero-order valence-corrected chi connectivity index (χ0v) is 4.67. The van der Waals surface area contributed by atoms with Gasteiger partial charge in [-0.3, -0.25) is 4.98 Å². The third-order valence-corrected chi connectivity index (χ3v) is 0.838. The highest BCUT2D eigenvalue weighted by Gasteiger charge is 2.01. The van der Waals surface area contributed by atoms with Crippen LogP contribution in [-0.4, -0.2) is 9.97 Å². The van der Waals surface area contributed by atoms with Crippen LogP contribution in [0, 0.1) is 10.7 Å². The van der Waals surface area contributed by atoms with E-state index in [4.69, 9.17) is 0 Å². The van der Waals surface area contributed by atoms with Gasteiger partial charge in [0, 0.05) is 0 Å². The summed E-state index contributed by atoms with van der Waals surface area (Å²) in [6, 6.07) is 0. The summed E-state index contributed by atoms with van der Waals surface area (Å²) in [4.78, 5) is 24.8. The lowest BCUT2D eigenvalue weighted by atomic mass is 10.6. The number of halogens is 1. The first-order chi connectivity index (χ1) is 4.74. The Labute approximate surface area is 53.9 Å². The Kier molecular flexibility index (Phi) is 1.53. The number of rotatable bonds is 1. The first-order valence-electron chi connectivity index (χ1n) is 2.32. The van der Waals surface area contributed by atoms with E-state index in [-0.39, 0.29) is 0 Å². The Hall–Kier alpha value is -1.59. The molecule has 0 aliphatic carbocycles. The van der Waals surface area contributed by atoms with Gasteiger partial charge in [-0.2, -0.15) is 4.98 Å². The van der Waals surface area contributed by atoms with E-state index in [1.165, 1.54) is 0 Å². The number of nitrogens with zero attached hydrogens (tertiary/aromatic N) is 2. The van der Waals surface area contributed by atoms with Crippen molar-refractivity contribution in [3.63, 3.8) is 0 Å². The van der Waals surface area contributed by atoms with Crippen LogP contribution in [0.15, 0.2) is 16.2 Å². The average Bonchev–Trinajstić information content (AvgIpc) is 1.94. The van der Waals surface area contributed by atoms with Gasteiger partial charge in [0.05, 0.1) is 6.20 Å². The van der Waals surface area contributed by atoms with Crippen LogP contribution >= 0.6 is 0 Å². The molecule has 5 nitrogen and oxygen atoms in total. The molecule has 0 aliphatic heterocycles. The van der Waals surface area contributed by atoms with Crippen molar-refractivity contribution in [3.05, 3.63) is 27.4 Å². The quantitative estimate of drug-likeness (QED) is 0.574. The number of hydrogen-bond donors (Lipinski definition) is 1. The van der Waals surface area contributed by atoms with E-state index in [0.29, 0.717) is 6.20 Å². The molecule has 0 atom stereocenters. The number of nitrogens with one attached hydrogen (secondary N) is 1. The van der Waals surface area contributed by atoms with Gasteiger partial charge in [-0.15, -0.1) is 4.91 Å². The second-order valence-corrected chi connectivity index (χ2v) is 1.48. The molecule has 0 amide bonds. The molecular formula is C4H2FN3O2. The van der Waals surface area contributed by atoms with Crippen LogP contribution in [-0.2, 0) is 0 Å². The van der Waals surface area contributed by atoms with E-state index in [1.807, 2.05) is 0 Å². The number of hydrogen-bond acceptors (Lipinski definition) is 4. The van der Waals surface area contributed by atoms with Crippen molar-refractivity contribution in [2.24, 2.45) is 5.18 Å². The van der Waals surface area contributed by atoms with Crippen molar-refractivity contribution in [2.75, 3.05) is 0 Å². The fourth-order valence-corrected chi connectivity index (χ4v) is 0.436. The van der Waals surface area contributed by atoms with Gasteiger partial charge in [0.15, 0.2) is 5.82 Å². The molecule has 0 bridgehead atoms. The van der Waals surface area contributed by atoms with E-state index < -0.39 is 17.3 Å². The van der Waals surface area contributed by atoms with Gasteiger partial charge in [0.25, 0.3) is 0 Å². The Balaban J connectivity index is 3.35. The number of aromatic amines is 1. The third kappa shape index (κ3) is 1.04. The second kappa shape index (κ2) is 2.34. The molecule has 6 heteroatoms. The maximum absolute atomic E-state index is 12.2. The summed E-state index contributed by atoms with van der Waals surface area (Å²) in [6.07, 6.45) is 0.634. The minimum absolute atomic E-state index is 0.625. The molecule has 0 saturated carbocycles. The minimum Gasteiger partial charge on any atom is -0.285 e. The Morgan fingerprint density at radius 3 is 2.90 bits per heavy atom. The van der Waals surface area contributed by atoms with Crippen molar-refractivity contribution in [2.45, 2.75) is 0 Å². The van der Waals surface area contributed by atoms with Crippen LogP contribution in [0.4, 0.5) is 10.2 Å². The van der Waals surface area contributed by atoms with Crippen molar-refractivity contribution in [1.82, 2.24) is 9.97 Å². The van der Waals surface area contributed by atoms with Crippen molar-refractivity contribution < 1.29 is 4.39 Å². The molecule has 1 aromatic heterocycles. The number of H-pyrrole nitrogens is 1. The largest absolute Gasteiger partial charge is 0.346 e. The normalized spacial score (nSPS) is 9.30. The highest BCUT2D eigenvalue weighted by molar-refractivity contribution is 5.24. The molecule has 1 rings (SSSR count). The molecule has 0 spiro atoms. The summed E-state index contributed by atoms with van der Waals surface area (Å²) >= 11 is 0. The van der Waals surface area contributed by atoms with Crippen LogP contribution in [0.2, 0.25) is 0 Å². The SMILES string of the molecule is O=Nc1[nH]c(=O)ncc1F. The Bertz CT molecular complexity index is 308. The minimum atomic E-state index is -0.936. The Morgan fingerprint density at radius 1 is 1.70 bits per heavy atom. The molecule has 1 aromatic rings. The highest BCUT2D eigenvalue weighted by Crippen LogP contribution is 2.07. The fourth-order valence-electron chi connectivity index (χ4n) is 0.436. The standard InChI is InChI=1S/C4H2FN3O2/c5-2-1-6-4(9)7-3(2)8-10/h1H,(H,6,7,9). The molecule has 0 aromatic carbocycles. The molecule has 0 aliphatic rings. The molecule has 1 N–H and O–H groups in total. The maximum atomic E-state index is 12.2. The van der Waals surface area contributed by atoms with Crippen LogP contribution in [0.3, 0.4) is 0 Å². The van der Waals surface area contributed by atoms with E-state index >= 15 is 0 Å². The van der Waals surface area contributed by atoms with E-state index in [9.17, 15) is 14.1 Å². The summed E-state index contributed by atoms with van der Waals surface area (Å²) in [5.41, 5.74) is -0.795. The van der Waals surface area contributed by atoms with Crippen LogP contribution in [0.5, 0.6) is 0 Å². The van der Waals surface area contributed by atoms with E-state index in [1.54, 1.807) is 4.98 Å². The fraction of sp³-hybridized carbons (Fsp3) is 0. The van der Waals surface area contributed by atoms with Gasteiger partial charge in [0.2, 0.25) is 5.82 Å². The van der Waals surface area contributed by atoms with Gasteiger partial charge in [-0.25, -0.2) is 9.18 Å². The zero-order valence-electron chi connectivity index (χ0n) is 4.67. The zero-order chi connectivity index (χ0) is 7.56. The van der Waals surface area contributed by atoms with E-state index in [0.717, 1.165) is 0 Å². The number of nitroso groups, excluding NO2 is 1. The summed E-state index contributed by atoms with van der Waals surface area (Å²) < 4.78 is 12.2. The summed E-state index contributed by atoms with van der Waals surface area (Å²) in [5, 5.41) is 2.21. The monoisotopic (exact) mass is 143 g/mol. The van der Waals surface area contributed by atoms with Gasteiger partial charge in [-0.05, 0) is 5.18 Å². The predicted molar refractivity (Wildman–Crippen MR) is 30.3 cm³/mol. The predicted octanol–water partition coefficient (Wildman–Crippen LogP) is 0.307. The molecule has 10 heavy (non-hydrogen) atoms. The van der Waals surface area contributed by atoms with Crippen molar-refractivity contribution in [3.8, 4) is 0 Å². The molecule has 0 fully saturated rings. The van der Waals surface area contributed by atoms with Gasteiger partial charge < -0.3 is 0 Å². The molecule has 0 saturated heterocycles. The van der Waals surface area contributed by atoms with Crippen LogP contribution in [0.25, 0.3) is 0 Å². The van der Waals surface area contributed by atoms with Crippen molar-refractivity contribution >= 4 is 5.82 Å². The van der Waals surface area contributed by atoms with Crippen molar-refractivity contribution in [1.29, 1.82) is 0 Å². The smallest absolute Gasteiger partial charge is 0.285 e. The molecule has 1 heterocycles. The summed E-state index contributed by atoms with van der Waals surface area (Å²) in [5.74, 6) is -1.56. The Morgan fingerprint density at radius 2 is 2.40 bits per heavy atom. The first kappa shape index (κ1) is 6.53. The third-order valence-electron chi connectivity index (χ3n) is 0.838. The molecule has 52 valence electrons. The van der Waals surface area contributed by atoms with Crippen LogP contribution < -0.4 is 5.69 Å². The maximum Gasteiger partial charge on any atom is 0.346 e. The average molecular weight is 143 g/mol. The van der Waals surface area contributed by atoms with Crippen LogP contribution in [0.1, 0.15) is 0 Å². The lowest BCUT2D eigenvalue weighted by Gasteiger charge is -1.87. The molecular weight excluding hydrogens is 141 g/mol. The summed E-state index contributed by atoms with van der Waals surface area (Å²) in [7, 11) is 0. The topological polar surface area (TPSA) is 75.2 Å². The number of aromatic nitrogens is 2. The van der Waals surface area contributed by atoms with Gasteiger partial charge in [0.1, 0.15) is 0 Å². The highest BCUT2D eigenvalue weighted by atomic mass is 19.1. The van der Waals surface area contributed by atoms with Gasteiger partial charge in [-0.1, -0.05) is 0 Å². The second-order valence-electron chi connectivity index (χ2n) is 1.48. The molecule has 0 unspecified atom stereocenters. The van der Waals surface area contributed by atoms with Gasteiger partial charge >= 0.3 is 5.69 Å². The summed E-state index contributed by atoms with van der Waals surface area (Å²) in [6.45, 7) is 0. The lowest BCUT2D eigenvalue weighted by Crippen LogP contribution is -2.09.